The number of aromatic nitrogens is 1. The third-order valence-corrected chi connectivity index (χ3v) is 4.58. The minimum atomic E-state index is -0.515. The van der Waals surface area contributed by atoms with Crippen molar-refractivity contribution in [2.24, 2.45) is 4.99 Å². The van der Waals surface area contributed by atoms with Crippen LogP contribution in [0.1, 0.15) is 5.69 Å². The van der Waals surface area contributed by atoms with E-state index in [1.54, 1.807) is 12.3 Å². The summed E-state index contributed by atoms with van der Waals surface area (Å²) in [5.41, 5.74) is 2.19. The molecule has 27 heavy (non-hydrogen) atoms. The number of nitrogens with zero attached hydrogens (tertiary/aromatic N) is 3. The maximum atomic E-state index is 11.0. The molecule has 0 fully saturated rings. The van der Waals surface area contributed by atoms with Crippen LogP contribution in [0.3, 0.4) is 0 Å². The molecule has 0 aliphatic rings. The lowest BCUT2D eigenvalue weighted by Crippen LogP contribution is -1.97. The van der Waals surface area contributed by atoms with Gasteiger partial charge in [0.05, 0.1) is 22.5 Å². The van der Waals surface area contributed by atoms with E-state index in [4.69, 9.17) is 11.6 Å². The number of rotatable bonds is 4. The van der Waals surface area contributed by atoms with E-state index in [9.17, 15) is 10.1 Å². The summed E-state index contributed by atoms with van der Waals surface area (Å²) in [5, 5.41) is 13.4. The summed E-state index contributed by atoms with van der Waals surface area (Å²) < 4.78 is 2.01. The number of nitro benzene ring substituents is 1. The highest BCUT2D eigenvalue weighted by atomic mass is 35.5. The lowest BCUT2D eigenvalue weighted by molar-refractivity contribution is -0.384. The van der Waals surface area contributed by atoms with E-state index in [0.717, 1.165) is 16.8 Å². The Labute approximate surface area is 160 Å². The summed E-state index contributed by atoms with van der Waals surface area (Å²) in [4.78, 5) is 14.9. The third-order valence-electron chi connectivity index (χ3n) is 4.26. The highest BCUT2D eigenvalue weighted by Gasteiger charge is 2.12. The Balaban J connectivity index is 1.68. The van der Waals surface area contributed by atoms with Crippen molar-refractivity contribution in [3.05, 3.63) is 99.8 Å². The Morgan fingerprint density at radius 2 is 1.78 bits per heavy atom. The fourth-order valence-corrected chi connectivity index (χ4v) is 3.11. The summed E-state index contributed by atoms with van der Waals surface area (Å²) in [6.45, 7) is 0. The molecular formula is C21H14ClN3O2. The number of hydrogen-bond acceptors (Lipinski definition) is 3. The molecule has 0 aliphatic carbocycles. The topological polar surface area (TPSA) is 60.4 Å². The molecule has 0 unspecified atom stereocenters. The van der Waals surface area contributed by atoms with Crippen molar-refractivity contribution >= 4 is 40.0 Å². The number of halogens is 1. The zero-order valence-corrected chi connectivity index (χ0v) is 14.9. The minimum Gasteiger partial charge on any atom is -0.316 e. The summed E-state index contributed by atoms with van der Waals surface area (Å²) in [6, 6.07) is 22.8. The van der Waals surface area contributed by atoms with E-state index >= 15 is 0 Å². The average Bonchev–Trinajstić information content (AvgIpc) is 3.15. The number of fused-ring (bicyclic) bond motifs is 1. The van der Waals surface area contributed by atoms with Gasteiger partial charge in [-0.2, -0.15) is 0 Å². The number of nitro groups is 1. The molecule has 0 aliphatic heterocycles. The van der Waals surface area contributed by atoms with Crippen LogP contribution in [0.4, 0.5) is 11.4 Å². The average molecular weight is 376 g/mol. The zero-order valence-electron chi connectivity index (χ0n) is 14.1. The van der Waals surface area contributed by atoms with Gasteiger partial charge in [0.2, 0.25) is 0 Å². The van der Waals surface area contributed by atoms with Crippen molar-refractivity contribution in [1.82, 2.24) is 4.57 Å². The van der Waals surface area contributed by atoms with Crippen LogP contribution in [-0.4, -0.2) is 15.7 Å². The van der Waals surface area contributed by atoms with E-state index in [0.29, 0.717) is 5.69 Å². The van der Waals surface area contributed by atoms with Gasteiger partial charge in [0.1, 0.15) is 5.02 Å². The molecule has 5 nitrogen and oxygen atoms in total. The maximum absolute atomic E-state index is 11.0. The normalized spacial score (nSPS) is 11.3. The zero-order chi connectivity index (χ0) is 18.8. The van der Waals surface area contributed by atoms with Gasteiger partial charge in [-0.05, 0) is 47.2 Å². The van der Waals surface area contributed by atoms with Gasteiger partial charge < -0.3 is 4.57 Å². The standard InChI is InChI=1S/C21H14ClN3O2/c22-20-10-8-17(13-21(20)25(26)27)23-14-19-6-3-11-24(19)18-9-7-15-4-1-2-5-16(15)12-18/h1-14H. The van der Waals surface area contributed by atoms with Gasteiger partial charge in [0.25, 0.3) is 5.69 Å². The van der Waals surface area contributed by atoms with Gasteiger partial charge in [0, 0.05) is 18.0 Å². The van der Waals surface area contributed by atoms with Crippen LogP contribution in [0.25, 0.3) is 16.5 Å². The Morgan fingerprint density at radius 1 is 0.963 bits per heavy atom. The van der Waals surface area contributed by atoms with Crippen LogP contribution >= 0.6 is 11.6 Å². The van der Waals surface area contributed by atoms with E-state index in [1.165, 1.54) is 17.5 Å². The highest BCUT2D eigenvalue weighted by Crippen LogP contribution is 2.28. The Morgan fingerprint density at radius 3 is 2.59 bits per heavy atom. The first-order chi connectivity index (χ1) is 13.1. The number of hydrogen-bond donors (Lipinski definition) is 0. The molecule has 0 spiro atoms. The lowest BCUT2D eigenvalue weighted by atomic mass is 10.1. The largest absolute Gasteiger partial charge is 0.316 e. The molecule has 1 heterocycles. The van der Waals surface area contributed by atoms with E-state index in [-0.39, 0.29) is 10.7 Å². The SMILES string of the molecule is O=[N+]([O-])c1cc(N=Cc2cccn2-c2ccc3ccccc3c2)ccc1Cl. The second kappa shape index (κ2) is 7.05. The van der Waals surface area contributed by atoms with Crippen LogP contribution in [-0.2, 0) is 0 Å². The molecule has 0 radical (unpaired) electrons. The van der Waals surface area contributed by atoms with Crippen molar-refractivity contribution < 1.29 is 4.92 Å². The van der Waals surface area contributed by atoms with Crippen molar-refractivity contribution in [3.8, 4) is 5.69 Å². The molecule has 3 aromatic carbocycles. The summed E-state index contributed by atoms with van der Waals surface area (Å²) in [5.74, 6) is 0. The van der Waals surface area contributed by atoms with E-state index in [2.05, 4.69) is 29.3 Å². The lowest BCUT2D eigenvalue weighted by Gasteiger charge is -2.08. The van der Waals surface area contributed by atoms with Crippen LogP contribution in [0.15, 0.2) is 84.0 Å². The fourth-order valence-electron chi connectivity index (χ4n) is 2.92. The van der Waals surface area contributed by atoms with Crippen molar-refractivity contribution in [1.29, 1.82) is 0 Å². The van der Waals surface area contributed by atoms with Crippen LogP contribution < -0.4 is 0 Å². The molecule has 0 bridgehead atoms. The fraction of sp³-hybridized carbons (Fsp3) is 0. The molecule has 0 saturated heterocycles. The molecule has 0 atom stereocenters. The first-order valence-electron chi connectivity index (χ1n) is 8.26. The van der Waals surface area contributed by atoms with Gasteiger partial charge in [0.15, 0.2) is 0 Å². The second-order valence-electron chi connectivity index (χ2n) is 5.99. The minimum absolute atomic E-state index is 0.0958. The molecule has 0 amide bonds. The first kappa shape index (κ1) is 17.0. The van der Waals surface area contributed by atoms with Crippen molar-refractivity contribution in [2.75, 3.05) is 0 Å². The van der Waals surface area contributed by atoms with Gasteiger partial charge in [-0.3, -0.25) is 15.1 Å². The number of benzene rings is 3. The predicted octanol–water partition coefficient (Wildman–Crippen LogP) is 5.94. The Bertz CT molecular complexity index is 1180. The van der Waals surface area contributed by atoms with Gasteiger partial charge in [-0.15, -0.1) is 0 Å². The molecule has 4 aromatic rings. The smallest absolute Gasteiger partial charge is 0.290 e. The van der Waals surface area contributed by atoms with Gasteiger partial charge >= 0.3 is 0 Å². The number of aliphatic imine (C=N–C) groups is 1. The van der Waals surface area contributed by atoms with Gasteiger partial charge in [-0.25, -0.2) is 0 Å². The quantitative estimate of drug-likeness (QED) is 0.251. The monoisotopic (exact) mass is 375 g/mol. The summed E-state index contributed by atoms with van der Waals surface area (Å²) >= 11 is 5.85. The molecule has 0 N–H and O–H groups in total. The van der Waals surface area contributed by atoms with E-state index < -0.39 is 4.92 Å². The predicted molar refractivity (Wildman–Crippen MR) is 109 cm³/mol. The van der Waals surface area contributed by atoms with Crippen molar-refractivity contribution in [3.63, 3.8) is 0 Å². The van der Waals surface area contributed by atoms with E-state index in [1.807, 2.05) is 41.1 Å². The molecule has 6 heteroatoms. The summed E-state index contributed by atoms with van der Waals surface area (Å²) in [6.07, 6.45) is 3.64. The highest BCUT2D eigenvalue weighted by molar-refractivity contribution is 6.32. The second-order valence-corrected chi connectivity index (χ2v) is 6.39. The first-order valence-corrected chi connectivity index (χ1v) is 8.64. The molecule has 4 rings (SSSR count). The van der Waals surface area contributed by atoms with Crippen LogP contribution in [0.2, 0.25) is 5.02 Å². The molecular weight excluding hydrogens is 362 g/mol. The Kier molecular flexibility index (Phi) is 4.44. The maximum Gasteiger partial charge on any atom is 0.290 e. The van der Waals surface area contributed by atoms with Crippen molar-refractivity contribution in [2.45, 2.75) is 0 Å². The van der Waals surface area contributed by atoms with Crippen LogP contribution in [0.5, 0.6) is 0 Å². The summed E-state index contributed by atoms with van der Waals surface area (Å²) in [7, 11) is 0. The Hall–Kier alpha value is -3.44. The molecule has 132 valence electrons. The van der Waals surface area contributed by atoms with Gasteiger partial charge in [-0.1, -0.05) is 41.9 Å². The molecule has 0 saturated carbocycles. The van der Waals surface area contributed by atoms with Crippen LogP contribution in [0, 0.1) is 10.1 Å². The third kappa shape index (κ3) is 3.45. The molecule has 1 aromatic heterocycles.